The maximum absolute atomic E-state index is 12.4. The van der Waals surface area contributed by atoms with Gasteiger partial charge in [0.25, 0.3) is 0 Å². The van der Waals surface area contributed by atoms with Crippen LogP contribution in [0.25, 0.3) is 0 Å². The molecule has 3 rings (SSSR count). The van der Waals surface area contributed by atoms with Gasteiger partial charge in [0.15, 0.2) is 11.5 Å². The minimum absolute atomic E-state index is 0.0564. The van der Waals surface area contributed by atoms with Gasteiger partial charge in [0, 0.05) is 12.1 Å². The molecule has 1 unspecified atom stereocenters. The van der Waals surface area contributed by atoms with Crippen LogP contribution in [0.2, 0.25) is 0 Å². The van der Waals surface area contributed by atoms with Crippen LogP contribution in [0.5, 0.6) is 17.2 Å². The number of para-hydroxylation sites is 1. The van der Waals surface area contributed by atoms with Crippen molar-refractivity contribution in [2.75, 3.05) is 20.8 Å². The number of carbonyl (C=O) groups is 1. The largest absolute Gasteiger partial charge is 0.493 e. The lowest BCUT2D eigenvalue weighted by atomic mass is 10.0. The Kier molecular flexibility index (Phi) is 5.84. The maximum atomic E-state index is 12.4. The molecule has 0 fully saturated rings. The summed E-state index contributed by atoms with van der Waals surface area (Å²) in [6, 6.07) is 13.2. The second kappa shape index (κ2) is 8.47. The van der Waals surface area contributed by atoms with Crippen molar-refractivity contribution < 1.29 is 19.0 Å². The number of amides is 2. The van der Waals surface area contributed by atoms with Crippen molar-refractivity contribution in [3.63, 3.8) is 0 Å². The molecule has 26 heavy (non-hydrogen) atoms. The molecular formula is C20H24N2O4. The quantitative estimate of drug-likeness (QED) is 0.861. The van der Waals surface area contributed by atoms with Gasteiger partial charge in [-0.2, -0.15) is 0 Å². The van der Waals surface area contributed by atoms with Gasteiger partial charge in [-0.25, -0.2) is 4.79 Å². The molecule has 1 aliphatic rings. The summed E-state index contributed by atoms with van der Waals surface area (Å²) < 4.78 is 16.3. The molecule has 2 aromatic carbocycles. The SMILES string of the molecule is COc1ccc(CNC(=O)NC2CCCOc3ccccc32)cc1OC. The molecule has 0 saturated heterocycles. The van der Waals surface area contributed by atoms with Gasteiger partial charge in [0.2, 0.25) is 0 Å². The van der Waals surface area contributed by atoms with Gasteiger partial charge in [-0.1, -0.05) is 24.3 Å². The van der Waals surface area contributed by atoms with Crippen molar-refractivity contribution in [2.45, 2.75) is 25.4 Å². The summed E-state index contributed by atoms with van der Waals surface area (Å²) in [6.45, 7) is 1.07. The number of ether oxygens (including phenoxy) is 3. The first-order valence-corrected chi connectivity index (χ1v) is 8.68. The van der Waals surface area contributed by atoms with Gasteiger partial charge in [-0.05, 0) is 36.6 Å². The van der Waals surface area contributed by atoms with E-state index in [1.807, 2.05) is 42.5 Å². The van der Waals surface area contributed by atoms with Crippen LogP contribution in [0.1, 0.15) is 30.0 Å². The number of urea groups is 1. The summed E-state index contributed by atoms with van der Waals surface area (Å²) in [5.41, 5.74) is 1.95. The second-order valence-electron chi connectivity index (χ2n) is 6.10. The predicted molar refractivity (Wildman–Crippen MR) is 98.8 cm³/mol. The highest BCUT2D eigenvalue weighted by atomic mass is 16.5. The van der Waals surface area contributed by atoms with Crippen molar-refractivity contribution in [1.82, 2.24) is 10.6 Å². The number of hydrogen-bond donors (Lipinski definition) is 2. The molecule has 138 valence electrons. The van der Waals surface area contributed by atoms with Crippen LogP contribution in [0, 0.1) is 0 Å². The molecule has 1 atom stereocenters. The molecule has 0 saturated carbocycles. The van der Waals surface area contributed by atoms with Crippen molar-refractivity contribution in [2.24, 2.45) is 0 Å². The van der Waals surface area contributed by atoms with Gasteiger partial charge in [0.1, 0.15) is 5.75 Å². The topological polar surface area (TPSA) is 68.8 Å². The number of fused-ring (bicyclic) bond motifs is 1. The van der Waals surface area contributed by atoms with Crippen LogP contribution >= 0.6 is 0 Å². The fraction of sp³-hybridized carbons (Fsp3) is 0.350. The van der Waals surface area contributed by atoms with Crippen LogP contribution in [0.15, 0.2) is 42.5 Å². The van der Waals surface area contributed by atoms with Crippen molar-refractivity contribution >= 4 is 6.03 Å². The maximum Gasteiger partial charge on any atom is 0.315 e. The Bertz CT molecular complexity index is 763. The lowest BCUT2D eigenvalue weighted by Crippen LogP contribution is -2.37. The van der Waals surface area contributed by atoms with Gasteiger partial charge in [-0.3, -0.25) is 0 Å². The molecule has 0 aromatic heterocycles. The van der Waals surface area contributed by atoms with E-state index in [0.29, 0.717) is 24.7 Å². The van der Waals surface area contributed by atoms with E-state index in [4.69, 9.17) is 14.2 Å². The van der Waals surface area contributed by atoms with E-state index in [-0.39, 0.29) is 12.1 Å². The molecule has 0 spiro atoms. The number of benzene rings is 2. The Morgan fingerprint density at radius 3 is 2.77 bits per heavy atom. The Hall–Kier alpha value is -2.89. The van der Waals surface area contributed by atoms with Crippen LogP contribution in [0.3, 0.4) is 0 Å². The van der Waals surface area contributed by atoms with E-state index < -0.39 is 0 Å². The first kappa shape index (κ1) is 17.9. The summed E-state index contributed by atoms with van der Waals surface area (Å²) in [4.78, 5) is 12.4. The summed E-state index contributed by atoms with van der Waals surface area (Å²) in [5.74, 6) is 2.15. The zero-order valence-corrected chi connectivity index (χ0v) is 15.1. The average Bonchev–Trinajstić information content (AvgIpc) is 2.88. The summed E-state index contributed by atoms with van der Waals surface area (Å²) in [6.07, 6.45) is 1.75. The Morgan fingerprint density at radius 1 is 1.15 bits per heavy atom. The van der Waals surface area contributed by atoms with E-state index in [0.717, 1.165) is 29.7 Å². The molecule has 6 heteroatoms. The third-order valence-corrected chi connectivity index (χ3v) is 4.40. The first-order valence-electron chi connectivity index (χ1n) is 8.68. The zero-order chi connectivity index (χ0) is 18.4. The monoisotopic (exact) mass is 356 g/mol. The van der Waals surface area contributed by atoms with Crippen molar-refractivity contribution in [3.05, 3.63) is 53.6 Å². The third-order valence-electron chi connectivity index (χ3n) is 4.40. The average molecular weight is 356 g/mol. The highest BCUT2D eigenvalue weighted by Crippen LogP contribution is 2.31. The number of carbonyl (C=O) groups excluding carboxylic acids is 1. The molecule has 2 N–H and O–H groups in total. The van der Waals surface area contributed by atoms with Crippen LogP contribution in [-0.4, -0.2) is 26.9 Å². The first-order chi connectivity index (χ1) is 12.7. The molecular weight excluding hydrogens is 332 g/mol. The van der Waals surface area contributed by atoms with Gasteiger partial charge >= 0.3 is 6.03 Å². The van der Waals surface area contributed by atoms with E-state index in [1.165, 1.54) is 0 Å². The molecule has 0 radical (unpaired) electrons. The highest BCUT2D eigenvalue weighted by Gasteiger charge is 2.21. The van der Waals surface area contributed by atoms with Crippen molar-refractivity contribution in [1.29, 1.82) is 0 Å². The highest BCUT2D eigenvalue weighted by molar-refractivity contribution is 5.74. The smallest absolute Gasteiger partial charge is 0.315 e. The molecule has 0 bridgehead atoms. The normalized spacial score (nSPS) is 15.8. The molecule has 1 heterocycles. The fourth-order valence-electron chi connectivity index (χ4n) is 3.06. The Balaban J connectivity index is 1.61. The lowest BCUT2D eigenvalue weighted by molar-refractivity contribution is 0.235. The zero-order valence-electron chi connectivity index (χ0n) is 15.1. The number of methoxy groups -OCH3 is 2. The fourth-order valence-corrected chi connectivity index (χ4v) is 3.06. The predicted octanol–water partition coefficient (Wildman–Crippen LogP) is 3.42. The van der Waals surface area contributed by atoms with Crippen molar-refractivity contribution in [3.8, 4) is 17.2 Å². The Morgan fingerprint density at radius 2 is 1.96 bits per heavy atom. The number of nitrogens with one attached hydrogen (secondary N) is 2. The second-order valence-corrected chi connectivity index (χ2v) is 6.10. The van der Waals surface area contributed by atoms with Gasteiger partial charge < -0.3 is 24.8 Å². The van der Waals surface area contributed by atoms with Gasteiger partial charge in [0.05, 0.1) is 26.9 Å². The standard InChI is InChI=1S/C20H24N2O4/c1-24-18-10-9-14(12-19(18)25-2)13-21-20(23)22-16-7-5-11-26-17-8-4-3-6-15(16)17/h3-4,6,8-10,12,16H,5,7,11,13H2,1-2H3,(H2,21,22,23). The molecule has 0 aliphatic carbocycles. The molecule has 6 nitrogen and oxygen atoms in total. The number of hydrogen-bond acceptors (Lipinski definition) is 4. The van der Waals surface area contributed by atoms with E-state index >= 15 is 0 Å². The van der Waals surface area contributed by atoms with Crippen LogP contribution < -0.4 is 24.8 Å². The molecule has 2 amide bonds. The summed E-state index contributed by atoms with van der Waals surface area (Å²) in [7, 11) is 3.19. The third kappa shape index (κ3) is 4.20. The molecule has 2 aromatic rings. The number of rotatable bonds is 5. The minimum Gasteiger partial charge on any atom is -0.493 e. The Labute approximate surface area is 153 Å². The van der Waals surface area contributed by atoms with E-state index in [9.17, 15) is 4.79 Å². The summed E-state index contributed by atoms with van der Waals surface area (Å²) >= 11 is 0. The van der Waals surface area contributed by atoms with E-state index in [2.05, 4.69) is 10.6 Å². The van der Waals surface area contributed by atoms with Gasteiger partial charge in [-0.15, -0.1) is 0 Å². The van der Waals surface area contributed by atoms with Crippen LogP contribution in [-0.2, 0) is 6.54 Å². The molecule has 1 aliphatic heterocycles. The van der Waals surface area contributed by atoms with E-state index in [1.54, 1.807) is 14.2 Å². The lowest BCUT2D eigenvalue weighted by Gasteiger charge is -2.19. The summed E-state index contributed by atoms with van der Waals surface area (Å²) in [5, 5.41) is 5.95. The van der Waals surface area contributed by atoms with Crippen LogP contribution in [0.4, 0.5) is 4.79 Å². The minimum atomic E-state index is -0.207.